The maximum Gasteiger partial charge on any atom is 0.163 e. The van der Waals surface area contributed by atoms with Crippen LogP contribution in [-0.4, -0.2) is 34.6 Å². The maximum absolute atomic E-state index is 6.52. The molecule has 3 aromatic heterocycles. The van der Waals surface area contributed by atoms with E-state index in [1.165, 1.54) is 28.7 Å². The van der Waals surface area contributed by atoms with Crippen LogP contribution in [0.25, 0.3) is 21.6 Å². The minimum atomic E-state index is -0.0739. The van der Waals surface area contributed by atoms with E-state index in [1.807, 2.05) is 41.7 Å². The first-order chi connectivity index (χ1) is 15.7. The third-order valence-electron chi connectivity index (χ3n) is 5.96. The number of ether oxygens (including phenoxy) is 1. The topological polar surface area (TPSA) is 86.0 Å². The number of aryl methyl sites for hydroxylation is 2. The van der Waals surface area contributed by atoms with Crippen LogP contribution in [0.4, 0.5) is 5.82 Å². The normalized spacial score (nSPS) is 14.2. The molecule has 0 amide bonds. The van der Waals surface area contributed by atoms with Gasteiger partial charge in [0.15, 0.2) is 5.82 Å². The largest absolute Gasteiger partial charge is 0.496 e. The summed E-state index contributed by atoms with van der Waals surface area (Å²) in [6, 6.07) is 11.9. The number of para-hydroxylation sites is 1. The number of thiophene rings is 1. The maximum atomic E-state index is 6.52. The lowest BCUT2D eigenvalue weighted by molar-refractivity contribution is 0.408. The first-order valence-electron chi connectivity index (χ1n) is 11.1. The summed E-state index contributed by atoms with van der Waals surface area (Å²) in [6.07, 6.45) is 8.97. The van der Waals surface area contributed by atoms with Crippen molar-refractivity contribution in [1.29, 1.82) is 0 Å². The van der Waals surface area contributed by atoms with Gasteiger partial charge in [0, 0.05) is 35.4 Å². The van der Waals surface area contributed by atoms with Crippen LogP contribution < -0.4 is 15.8 Å². The molecule has 4 aromatic rings. The summed E-state index contributed by atoms with van der Waals surface area (Å²) in [5, 5.41) is 4.74. The molecule has 3 heterocycles. The van der Waals surface area contributed by atoms with Gasteiger partial charge in [-0.1, -0.05) is 18.2 Å². The van der Waals surface area contributed by atoms with E-state index in [-0.39, 0.29) is 6.04 Å². The predicted molar refractivity (Wildman–Crippen MR) is 130 cm³/mol. The number of methoxy groups -OCH3 is 1. The summed E-state index contributed by atoms with van der Waals surface area (Å²) in [4.78, 5) is 16.5. The minimum absolute atomic E-state index is 0.0739. The van der Waals surface area contributed by atoms with Crippen LogP contribution >= 0.6 is 11.3 Å². The second-order valence-corrected chi connectivity index (χ2v) is 9.26. The summed E-state index contributed by atoms with van der Waals surface area (Å²) < 4.78 is 5.48. The molecule has 1 aliphatic rings. The molecule has 0 aliphatic heterocycles. The Hall–Kier alpha value is -3.03. The first kappa shape index (κ1) is 20.8. The fourth-order valence-corrected chi connectivity index (χ4v) is 5.63. The summed E-state index contributed by atoms with van der Waals surface area (Å²) in [7, 11) is 1.70. The van der Waals surface area contributed by atoms with E-state index < -0.39 is 0 Å². The van der Waals surface area contributed by atoms with E-state index in [4.69, 9.17) is 20.4 Å². The average molecular weight is 446 g/mol. The van der Waals surface area contributed by atoms with Crippen molar-refractivity contribution in [3.63, 3.8) is 0 Å². The molecule has 0 fully saturated rings. The molecule has 0 bridgehead atoms. The van der Waals surface area contributed by atoms with Crippen LogP contribution in [0, 0.1) is 0 Å². The van der Waals surface area contributed by atoms with Crippen molar-refractivity contribution in [3.05, 3.63) is 64.8 Å². The van der Waals surface area contributed by atoms with E-state index in [9.17, 15) is 0 Å². The fraction of sp³-hybridized carbons (Fsp3) is 0.320. The van der Waals surface area contributed by atoms with Crippen LogP contribution in [0.2, 0.25) is 0 Å². The highest BCUT2D eigenvalue weighted by molar-refractivity contribution is 7.19. The third-order valence-corrected chi connectivity index (χ3v) is 7.15. The van der Waals surface area contributed by atoms with Crippen molar-refractivity contribution in [2.75, 3.05) is 19.0 Å². The highest BCUT2D eigenvalue weighted by Crippen LogP contribution is 2.39. The molecule has 0 radical (unpaired) electrons. The molecule has 3 N–H and O–H groups in total. The molecule has 0 saturated carbocycles. The van der Waals surface area contributed by atoms with Crippen LogP contribution in [0.15, 0.2) is 48.8 Å². The Bertz CT molecular complexity index is 1220. The Kier molecular flexibility index (Phi) is 6.01. The Balaban J connectivity index is 1.45. The first-order valence-corrected chi connectivity index (χ1v) is 11.9. The number of pyridine rings is 1. The van der Waals surface area contributed by atoms with Crippen molar-refractivity contribution in [3.8, 4) is 17.1 Å². The van der Waals surface area contributed by atoms with E-state index in [0.29, 0.717) is 6.54 Å². The number of hydrogen-bond donors (Lipinski definition) is 2. The molecule has 1 aromatic carbocycles. The van der Waals surface area contributed by atoms with Gasteiger partial charge in [0.05, 0.1) is 12.5 Å². The number of nitrogens with zero attached hydrogens (tertiary/aromatic N) is 3. The minimum Gasteiger partial charge on any atom is -0.496 e. The zero-order chi connectivity index (χ0) is 21.9. The summed E-state index contributed by atoms with van der Waals surface area (Å²) in [6.45, 7) is 0.616. The van der Waals surface area contributed by atoms with Gasteiger partial charge < -0.3 is 15.8 Å². The van der Waals surface area contributed by atoms with Gasteiger partial charge in [-0.3, -0.25) is 4.98 Å². The molecular formula is C25H27N5OS. The van der Waals surface area contributed by atoms with Gasteiger partial charge >= 0.3 is 0 Å². The van der Waals surface area contributed by atoms with E-state index in [2.05, 4.69) is 16.4 Å². The molecule has 0 saturated heterocycles. The van der Waals surface area contributed by atoms with Gasteiger partial charge in [-0.25, -0.2) is 9.97 Å². The molecule has 164 valence electrons. The fourth-order valence-electron chi connectivity index (χ4n) is 4.37. The van der Waals surface area contributed by atoms with Gasteiger partial charge in [0.1, 0.15) is 16.4 Å². The quantitative estimate of drug-likeness (QED) is 0.432. The zero-order valence-electron chi connectivity index (χ0n) is 18.2. The van der Waals surface area contributed by atoms with Gasteiger partial charge in [-0.15, -0.1) is 11.3 Å². The zero-order valence-corrected chi connectivity index (χ0v) is 19.0. The Morgan fingerprint density at radius 2 is 1.91 bits per heavy atom. The summed E-state index contributed by atoms with van der Waals surface area (Å²) in [5.74, 6) is 2.48. The van der Waals surface area contributed by atoms with Crippen molar-refractivity contribution in [1.82, 2.24) is 15.0 Å². The highest BCUT2D eigenvalue weighted by Gasteiger charge is 2.22. The monoisotopic (exact) mass is 445 g/mol. The molecule has 1 atom stereocenters. The Morgan fingerprint density at radius 3 is 2.75 bits per heavy atom. The predicted octanol–water partition coefficient (Wildman–Crippen LogP) is 4.62. The van der Waals surface area contributed by atoms with Crippen LogP contribution in [0.3, 0.4) is 0 Å². The number of benzene rings is 1. The second-order valence-electron chi connectivity index (χ2n) is 8.18. The number of aromatic nitrogens is 3. The Labute approximate surface area is 191 Å². The number of nitrogens with two attached hydrogens (primary N) is 1. The average Bonchev–Trinajstić information content (AvgIpc) is 3.22. The van der Waals surface area contributed by atoms with Crippen molar-refractivity contribution in [2.45, 2.75) is 38.1 Å². The number of nitrogens with one attached hydrogen (secondary N) is 1. The lowest BCUT2D eigenvalue weighted by Crippen LogP contribution is -2.31. The molecular weight excluding hydrogens is 418 g/mol. The SMILES string of the molecule is COc1ccccc1CC(N)CNc1nc(-c2ccncc2)nc2sc3c(c12)CCCC3. The molecule has 1 aliphatic carbocycles. The van der Waals surface area contributed by atoms with Gasteiger partial charge in [-0.05, 0) is 61.4 Å². The van der Waals surface area contributed by atoms with E-state index >= 15 is 0 Å². The standard InChI is InChI=1S/C25H27N5OS/c1-31-20-8-4-2-6-17(20)14-18(26)15-28-24-22-19-7-3-5-9-21(19)32-25(22)30-23(29-24)16-10-12-27-13-11-16/h2,4,6,8,10-13,18H,3,5,7,9,14-15,26H2,1H3,(H,28,29,30). The Morgan fingerprint density at radius 1 is 1.09 bits per heavy atom. The van der Waals surface area contributed by atoms with Crippen LogP contribution in [0.5, 0.6) is 5.75 Å². The number of anilines is 1. The van der Waals surface area contributed by atoms with Gasteiger partial charge in [-0.2, -0.15) is 0 Å². The lowest BCUT2D eigenvalue weighted by Gasteiger charge is -2.17. The second kappa shape index (κ2) is 9.22. The molecule has 0 spiro atoms. The smallest absolute Gasteiger partial charge is 0.163 e. The van der Waals surface area contributed by atoms with E-state index in [1.54, 1.807) is 19.5 Å². The van der Waals surface area contributed by atoms with Gasteiger partial charge in [0.25, 0.3) is 0 Å². The third kappa shape index (κ3) is 4.18. The molecule has 7 heteroatoms. The van der Waals surface area contributed by atoms with Crippen molar-refractivity contribution < 1.29 is 4.74 Å². The molecule has 1 unspecified atom stereocenters. The lowest BCUT2D eigenvalue weighted by atomic mass is 9.97. The van der Waals surface area contributed by atoms with Gasteiger partial charge in [0.2, 0.25) is 0 Å². The van der Waals surface area contributed by atoms with Crippen molar-refractivity contribution in [2.24, 2.45) is 5.73 Å². The van der Waals surface area contributed by atoms with Crippen LogP contribution in [0.1, 0.15) is 28.8 Å². The van der Waals surface area contributed by atoms with Crippen LogP contribution in [-0.2, 0) is 19.3 Å². The summed E-state index contributed by atoms with van der Waals surface area (Å²) in [5.41, 5.74) is 10.0. The number of fused-ring (bicyclic) bond motifs is 3. The molecule has 32 heavy (non-hydrogen) atoms. The molecule has 5 rings (SSSR count). The summed E-state index contributed by atoms with van der Waals surface area (Å²) >= 11 is 1.81. The number of hydrogen-bond acceptors (Lipinski definition) is 7. The van der Waals surface area contributed by atoms with E-state index in [0.717, 1.165) is 52.6 Å². The number of rotatable bonds is 7. The highest BCUT2D eigenvalue weighted by atomic mass is 32.1. The van der Waals surface area contributed by atoms with Crippen molar-refractivity contribution >= 4 is 27.4 Å². The molecule has 6 nitrogen and oxygen atoms in total.